The van der Waals surface area contributed by atoms with Gasteiger partial charge in [-0.15, -0.1) is 11.8 Å². The molecule has 1 saturated carbocycles. The highest BCUT2D eigenvalue weighted by molar-refractivity contribution is 7.99. The first kappa shape index (κ1) is 20.7. The fraction of sp³-hybridized carbons (Fsp3) is 0.429. The molecule has 1 fully saturated rings. The van der Waals surface area contributed by atoms with E-state index in [0.29, 0.717) is 28.5 Å². The highest BCUT2D eigenvalue weighted by Gasteiger charge is 2.41. The standard InChI is InChI=1S/C21H22F3NO2S/c1-12(2)28-20-19(9-16(10-25-20)21(22,23)24)14-4-6-17(7-5-14)27-11-15-8-18(15)13(3)26/h4-7,9-10,12,15,18H,8,11H2,1-3H3. The molecule has 0 aliphatic heterocycles. The number of thioether (sulfide) groups is 1. The monoisotopic (exact) mass is 409 g/mol. The van der Waals surface area contributed by atoms with E-state index in [1.807, 2.05) is 13.8 Å². The van der Waals surface area contributed by atoms with Crippen LogP contribution >= 0.6 is 11.8 Å². The van der Waals surface area contributed by atoms with E-state index in [1.165, 1.54) is 11.8 Å². The number of hydrogen-bond donors (Lipinski definition) is 0. The van der Waals surface area contributed by atoms with Crippen molar-refractivity contribution in [3.05, 3.63) is 42.1 Å². The van der Waals surface area contributed by atoms with Gasteiger partial charge >= 0.3 is 6.18 Å². The Morgan fingerprint density at radius 2 is 1.96 bits per heavy atom. The van der Waals surface area contributed by atoms with E-state index in [1.54, 1.807) is 31.2 Å². The van der Waals surface area contributed by atoms with Crippen molar-refractivity contribution in [1.29, 1.82) is 0 Å². The molecule has 1 aliphatic rings. The van der Waals surface area contributed by atoms with E-state index in [-0.39, 0.29) is 22.9 Å². The van der Waals surface area contributed by atoms with Gasteiger partial charge in [-0.2, -0.15) is 13.2 Å². The molecule has 3 nitrogen and oxygen atoms in total. The summed E-state index contributed by atoms with van der Waals surface area (Å²) in [5, 5.41) is 0.761. The molecule has 1 aromatic carbocycles. The quantitative estimate of drug-likeness (QED) is 0.536. The highest BCUT2D eigenvalue weighted by atomic mass is 32.2. The Labute approximate surface area is 166 Å². The van der Waals surface area contributed by atoms with Crippen LogP contribution in [0.3, 0.4) is 0 Å². The van der Waals surface area contributed by atoms with E-state index in [2.05, 4.69) is 4.98 Å². The third-order valence-corrected chi connectivity index (χ3v) is 5.62. The van der Waals surface area contributed by atoms with Crippen LogP contribution < -0.4 is 4.74 Å². The molecule has 2 atom stereocenters. The maximum atomic E-state index is 13.1. The Balaban J connectivity index is 1.78. The van der Waals surface area contributed by atoms with Crippen LogP contribution in [0, 0.1) is 11.8 Å². The lowest BCUT2D eigenvalue weighted by Gasteiger charge is -2.14. The second-order valence-electron chi connectivity index (χ2n) is 7.29. The lowest BCUT2D eigenvalue weighted by atomic mass is 10.1. The van der Waals surface area contributed by atoms with Crippen LogP contribution in [0.15, 0.2) is 41.6 Å². The maximum absolute atomic E-state index is 13.1. The van der Waals surface area contributed by atoms with Crippen LogP contribution in [0.1, 0.15) is 32.8 Å². The first-order chi connectivity index (χ1) is 13.1. The van der Waals surface area contributed by atoms with Crippen molar-refractivity contribution in [2.45, 2.75) is 43.6 Å². The van der Waals surface area contributed by atoms with Crippen LogP contribution in [-0.4, -0.2) is 22.6 Å². The zero-order chi connectivity index (χ0) is 20.5. The summed E-state index contributed by atoms with van der Waals surface area (Å²) in [4.78, 5) is 15.3. The molecule has 0 bridgehead atoms. The Hall–Kier alpha value is -2.02. The van der Waals surface area contributed by atoms with Gasteiger partial charge in [0.05, 0.1) is 12.2 Å². The van der Waals surface area contributed by atoms with Crippen molar-refractivity contribution >= 4 is 17.5 Å². The minimum atomic E-state index is -4.44. The van der Waals surface area contributed by atoms with Crippen molar-refractivity contribution in [3.8, 4) is 16.9 Å². The zero-order valence-electron chi connectivity index (χ0n) is 15.9. The SMILES string of the molecule is CC(=O)C1CC1COc1ccc(-c2cc(C(F)(F)F)cnc2SC(C)C)cc1. The van der Waals surface area contributed by atoms with Crippen molar-refractivity contribution < 1.29 is 22.7 Å². The smallest absolute Gasteiger partial charge is 0.417 e. The van der Waals surface area contributed by atoms with Gasteiger partial charge < -0.3 is 4.74 Å². The second kappa shape index (κ2) is 8.15. The number of carbonyl (C=O) groups excluding carboxylic acids is 1. The molecule has 1 heterocycles. The summed E-state index contributed by atoms with van der Waals surface area (Å²) in [5.74, 6) is 1.19. The number of rotatable bonds is 7. The third kappa shape index (κ3) is 5.07. The van der Waals surface area contributed by atoms with E-state index in [0.717, 1.165) is 18.7 Å². The Bertz CT molecular complexity index is 850. The van der Waals surface area contributed by atoms with Crippen LogP contribution in [-0.2, 0) is 11.0 Å². The summed E-state index contributed by atoms with van der Waals surface area (Å²) in [6.45, 7) is 6.01. The number of ketones is 1. The molecule has 3 rings (SSSR count). The van der Waals surface area contributed by atoms with Gasteiger partial charge in [-0.3, -0.25) is 4.79 Å². The molecule has 2 unspecified atom stereocenters. The zero-order valence-corrected chi connectivity index (χ0v) is 16.7. The molecular weight excluding hydrogens is 387 g/mol. The van der Waals surface area contributed by atoms with Gasteiger partial charge in [0, 0.05) is 28.8 Å². The normalized spacial score (nSPS) is 19.0. The molecule has 0 saturated heterocycles. The average Bonchev–Trinajstić information content (AvgIpc) is 3.39. The Morgan fingerprint density at radius 3 is 2.50 bits per heavy atom. The number of carbonyl (C=O) groups is 1. The van der Waals surface area contributed by atoms with E-state index in [9.17, 15) is 18.0 Å². The summed E-state index contributed by atoms with van der Waals surface area (Å²) < 4.78 is 45.1. The largest absolute Gasteiger partial charge is 0.493 e. The molecule has 28 heavy (non-hydrogen) atoms. The third-order valence-electron chi connectivity index (χ3n) is 4.60. The van der Waals surface area contributed by atoms with E-state index >= 15 is 0 Å². The van der Waals surface area contributed by atoms with Gasteiger partial charge in [-0.25, -0.2) is 4.98 Å². The number of aromatic nitrogens is 1. The van der Waals surface area contributed by atoms with Crippen molar-refractivity contribution in [1.82, 2.24) is 4.98 Å². The molecule has 7 heteroatoms. The minimum absolute atomic E-state index is 0.103. The lowest BCUT2D eigenvalue weighted by Crippen LogP contribution is -2.07. The summed E-state index contributed by atoms with van der Waals surface area (Å²) in [6.07, 6.45) is -2.70. The van der Waals surface area contributed by atoms with Gasteiger partial charge in [-0.05, 0) is 37.1 Å². The number of benzene rings is 1. The van der Waals surface area contributed by atoms with Gasteiger partial charge in [-0.1, -0.05) is 26.0 Å². The Kier molecular flexibility index (Phi) is 6.03. The van der Waals surface area contributed by atoms with Crippen LogP contribution in [0.2, 0.25) is 0 Å². The topological polar surface area (TPSA) is 39.2 Å². The molecule has 0 N–H and O–H groups in total. The fourth-order valence-corrected chi connectivity index (χ4v) is 3.86. The summed E-state index contributed by atoms with van der Waals surface area (Å²) in [6, 6.07) is 8.11. The molecule has 1 aliphatic carbocycles. The molecule has 0 spiro atoms. The summed E-state index contributed by atoms with van der Waals surface area (Å²) in [5.41, 5.74) is 0.348. The number of alkyl halides is 3. The van der Waals surface area contributed by atoms with Crippen LogP contribution in [0.4, 0.5) is 13.2 Å². The van der Waals surface area contributed by atoms with Crippen molar-refractivity contribution in [2.24, 2.45) is 11.8 Å². The van der Waals surface area contributed by atoms with Crippen molar-refractivity contribution in [3.63, 3.8) is 0 Å². The molecule has 2 aromatic rings. The summed E-state index contributed by atoms with van der Waals surface area (Å²) >= 11 is 1.43. The molecule has 1 aromatic heterocycles. The van der Waals surface area contributed by atoms with Gasteiger partial charge in [0.1, 0.15) is 16.6 Å². The van der Waals surface area contributed by atoms with E-state index in [4.69, 9.17) is 4.74 Å². The number of ether oxygens (including phenoxy) is 1. The maximum Gasteiger partial charge on any atom is 0.417 e. The van der Waals surface area contributed by atoms with E-state index < -0.39 is 11.7 Å². The number of pyridine rings is 1. The highest BCUT2D eigenvalue weighted by Crippen LogP contribution is 2.40. The number of Topliss-reactive ketones (excluding diaryl/α,β-unsaturated/α-hetero) is 1. The van der Waals surface area contributed by atoms with Gasteiger partial charge in [0.15, 0.2) is 0 Å². The molecule has 0 radical (unpaired) electrons. The van der Waals surface area contributed by atoms with Crippen LogP contribution in [0.5, 0.6) is 5.75 Å². The number of nitrogens with zero attached hydrogens (tertiary/aromatic N) is 1. The Morgan fingerprint density at radius 1 is 1.29 bits per heavy atom. The molecular formula is C21H22F3NO2S. The van der Waals surface area contributed by atoms with Crippen molar-refractivity contribution in [2.75, 3.05) is 6.61 Å². The predicted octanol–water partition coefficient (Wildman–Crippen LogP) is 5.87. The average molecular weight is 409 g/mol. The van der Waals surface area contributed by atoms with Gasteiger partial charge in [0.2, 0.25) is 0 Å². The van der Waals surface area contributed by atoms with Gasteiger partial charge in [0.25, 0.3) is 0 Å². The number of halogens is 3. The second-order valence-corrected chi connectivity index (χ2v) is 8.85. The number of hydrogen-bond acceptors (Lipinski definition) is 4. The lowest BCUT2D eigenvalue weighted by molar-refractivity contribution is -0.137. The first-order valence-corrected chi connectivity index (χ1v) is 10.0. The first-order valence-electron chi connectivity index (χ1n) is 9.12. The summed E-state index contributed by atoms with van der Waals surface area (Å²) in [7, 11) is 0. The predicted molar refractivity (Wildman–Crippen MR) is 103 cm³/mol. The minimum Gasteiger partial charge on any atom is -0.493 e. The molecule has 0 amide bonds. The fourth-order valence-electron chi connectivity index (χ4n) is 2.99. The van der Waals surface area contributed by atoms with Crippen LogP contribution in [0.25, 0.3) is 11.1 Å². The molecule has 150 valence electrons.